The molecule has 0 saturated heterocycles. The third-order valence-corrected chi connectivity index (χ3v) is 3.70. The van der Waals surface area contributed by atoms with Crippen molar-refractivity contribution in [2.45, 2.75) is 26.4 Å². The van der Waals surface area contributed by atoms with Gasteiger partial charge in [0, 0.05) is 12.6 Å². The standard InChI is InChI=1S/C17H19NO2/c1-12-5-3-4-6-15(12)13(2)18-10-14-7-8-16-17(9-14)20-11-19-16/h3-9,13,18H,10-11H2,1-2H3/t13-/m0/s1. The molecular weight excluding hydrogens is 250 g/mol. The van der Waals surface area contributed by atoms with Crippen LogP contribution in [-0.4, -0.2) is 6.79 Å². The molecule has 0 unspecified atom stereocenters. The van der Waals surface area contributed by atoms with E-state index in [1.165, 1.54) is 16.7 Å². The Hall–Kier alpha value is -2.00. The van der Waals surface area contributed by atoms with Crippen LogP contribution >= 0.6 is 0 Å². The lowest BCUT2D eigenvalue weighted by molar-refractivity contribution is 0.174. The number of aryl methyl sites for hydroxylation is 1. The smallest absolute Gasteiger partial charge is 0.231 e. The van der Waals surface area contributed by atoms with E-state index in [0.717, 1.165) is 18.0 Å². The Kier molecular flexibility index (Phi) is 3.61. The largest absolute Gasteiger partial charge is 0.454 e. The van der Waals surface area contributed by atoms with Crippen molar-refractivity contribution in [3.05, 3.63) is 59.2 Å². The van der Waals surface area contributed by atoms with Gasteiger partial charge in [0.05, 0.1) is 0 Å². The summed E-state index contributed by atoms with van der Waals surface area (Å²) in [6.45, 7) is 5.47. The average molecular weight is 269 g/mol. The van der Waals surface area contributed by atoms with Gasteiger partial charge in [0.1, 0.15) is 0 Å². The molecule has 1 aliphatic heterocycles. The van der Waals surface area contributed by atoms with E-state index >= 15 is 0 Å². The number of hydrogen-bond donors (Lipinski definition) is 1. The summed E-state index contributed by atoms with van der Waals surface area (Å²) < 4.78 is 10.7. The van der Waals surface area contributed by atoms with Crippen molar-refractivity contribution in [2.24, 2.45) is 0 Å². The van der Waals surface area contributed by atoms with Gasteiger partial charge in [0.15, 0.2) is 11.5 Å². The topological polar surface area (TPSA) is 30.5 Å². The zero-order valence-corrected chi connectivity index (χ0v) is 11.8. The SMILES string of the molecule is Cc1ccccc1[C@H](C)NCc1ccc2c(c1)OCO2. The van der Waals surface area contributed by atoms with Crippen LogP contribution in [0.5, 0.6) is 11.5 Å². The first-order valence-electron chi connectivity index (χ1n) is 6.91. The highest BCUT2D eigenvalue weighted by atomic mass is 16.7. The highest BCUT2D eigenvalue weighted by molar-refractivity contribution is 5.44. The molecule has 1 atom stereocenters. The Morgan fingerprint density at radius 1 is 1.10 bits per heavy atom. The summed E-state index contributed by atoms with van der Waals surface area (Å²) in [7, 11) is 0. The minimum atomic E-state index is 0.321. The third kappa shape index (κ3) is 2.63. The molecular formula is C17H19NO2. The molecule has 0 bridgehead atoms. The van der Waals surface area contributed by atoms with Gasteiger partial charge in [-0.2, -0.15) is 0 Å². The number of fused-ring (bicyclic) bond motifs is 1. The summed E-state index contributed by atoms with van der Waals surface area (Å²) in [5.74, 6) is 1.67. The monoisotopic (exact) mass is 269 g/mol. The van der Waals surface area contributed by atoms with E-state index in [0.29, 0.717) is 12.8 Å². The summed E-state index contributed by atoms with van der Waals surface area (Å²) in [4.78, 5) is 0. The van der Waals surface area contributed by atoms with Crippen molar-refractivity contribution in [2.75, 3.05) is 6.79 Å². The van der Waals surface area contributed by atoms with Crippen LogP contribution < -0.4 is 14.8 Å². The van der Waals surface area contributed by atoms with Gasteiger partial charge >= 0.3 is 0 Å². The van der Waals surface area contributed by atoms with E-state index in [2.05, 4.69) is 49.5 Å². The molecule has 0 amide bonds. The van der Waals surface area contributed by atoms with Crippen LogP contribution in [0, 0.1) is 6.92 Å². The van der Waals surface area contributed by atoms with Gasteiger partial charge < -0.3 is 14.8 Å². The van der Waals surface area contributed by atoms with Crippen molar-refractivity contribution in [1.82, 2.24) is 5.32 Å². The van der Waals surface area contributed by atoms with E-state index in [1.807, 2.05) is 12.1 Å². The molecule has 0 radical (unpaired) electrons. The summed E-state index contributed by atoms with van der Waals surface area (Å²) >= 11 is 0. The second-order valence-electron chi connectivity index (χ2n) is 5.15. The van der Waals surface area contributed by atoms with Gasteiger partial charge in [-0.15, -0.1) is 0 Å². The fraction of sp³-hybridized carbons (Fsp3) is 0.294. The van der Waals surface area contributed by atoms with Crippen LogP contribution in [0.2, 0.25) is 0 Å². The van der Waals surface area contributed by atoms with Crippen molar-refractivity contribution in [1.29, 1.82) is 0 Å². The van der Waals surface area contributed by atoms with Gasteiger partial charge in [0.25, 0.3) is 0 Å². The number of nitrogens with one attached hydrogen (secondary N) is 1. The van der Waals surface area contributed by atoms with Gasteiger partial charge in [-0.3, -0.25) is 0 Å². The predicted octanol–water partition coefficient (Wildman–Crippen LogP) is 3.57. The molecule has 0 aromatic heterocycles. The minimum Gasteiger partial charge on any atom is -0.454 e. The molecule has 3 rings (SSSR count). The summed E-state index contributed by atoms with van der Waals surface area (Å²) in [5, 5.41) is 3.55. The van der Waals surface area contributed by atoms with Crippen LogP contribution in [0.1, 0.15) is 29.7 Å². The van der Waals surface area contributed by atoms with E-state index in [4.69, 9.17) is 9.47 Å². The van der Waals surface area contributed by atoms with E-state index in [9.17, 15) is 0 Å². The maximum atomic E-state index is 5.40. The molecule has 104 valence electrons. The van der Waals surface area contributed by atoms with E-state index in [1.54, 1.807) is 0 Å². The quantitative estimate of drug-likeness (QED) is 0.920. The molecule has 1 heterocycles. The second kappa shape index (κ2) is 5.55. The Bertz CT molecular complexity index is 610. The van der Waals surface area contributed by atoms with Gasteiger partial charge in [0.2, 0.25) is 6.79 Å². The number of hydrogen-bond acceptors (Lipinski definition) is 3. The van der Waals surface area contributed by atoms with E-state index < -0.39 is 0 Å². The molecule has 20 heavy (non-hydrogen) atoms. The van der Waals surface area contributed by atoms with Crippen molar-refractivity contribution in [3.8, 4) is 11.5 Å². The first kappa shape index (κ1) is 13.0. The zero-order valence-electron chi connectivity index (χ0n) is 11.8. The van der Waals surface area contributed by atoms with E-state index in [-0.39, 0.29) is 0 Å². The fourth-order valence-electron chi connectivity index (χ4n) is 2.50. The van der Waals surface area contributed by atoms with Crippen LogP contribution in [0.4, 0.5) is 0 Å². The number of benzene rings is 2. The lowest BCUT2D eigenvalue weighted by Gasteiger charge is -2.16. The molecule has 0 aliphatic carbocycles. The van der Waals surface area contributed by atoms with Crippen molar-refractivity contribution in [3.63, 3.8) is 0 Å². The Labute approximate surface area is 119 Å². The molecule has 1 N–H and O–H groups in total. The molecule has 1 aliphatic rings. The van der Waals surface area contributed by atoms with Gasteiger partial charge in [-0.25, -0.2) is 0 Å². The molecule has 3 heteroatoms. The molecule has 2 aromatic carbocycles. The van der Waals surface area contributed by atoms with Crippen LogP contribution in [-0.2, 0) is 6.54 Å². The first-order valence-corrected chi connectivity index (χ1v) is 6.91. The molecule has 2 aromatic rings. The molecule has 0 spiro atoms. The predicted molar refractivity (Wildman–Crippen MR) is 79.0 cm³/mol. The summed E-state index contributed by atoms with van der Waals surface area (Å²) in [6.07, 6.45) is 0. The lowest BCUT2D eigenvalue weighted by atomic mass is 10.0. The maximum Gasteiger partial charge on any atom is 0.231 e. The molecule has 0 saturated carbocycles. The maximum absolute atomic E-state index is 5.40. The molecule has 3 nitrogen and oxygen atoms in total. The normalized spacial score (nSPS) is 14.3. The zero-order chi connectivity index (χ0) is 13.9. The number of ether oxygens (including phenoxy) is 2. The van der Waals surface area contributed by atoms with Crippen molar-refractivity contribution < 1.29 is 9.47 Å². The summed E-state index contributed by atoms with van der Waals surface area (Å²) in [5.41, 5.74) is 3.86. The number of rotatable bonds is 4. The van der Waals surface area contributed by atoms with Crippen LogP contribution in [0.3, 0.4) is 0 Å². The fourth-order valence-corrected chi connectivity index (χ4v) is 2.50. The van der Waals surface area contributed by atoms with Gasteiger partial charge in [-0.1, -0.05) is 30.3 Å². The molecule has 0 fully saturated rings. The Morgan fingerprint density at radius 2 is 1.90 bits per heavy atom. The summed E-state index contributed by atoms with van der Waals surface area (Å²) in [6, 6.07) is 14.9. The van der Waals surface area contributed by atoms with Crippen molar-refractivity contribution >= 4 is 0 Å². The Morgan fingerprint density at radius 3 is 2.75 bits per heavy atom. The van der Waals surface area contributed by atoms with Crippen LogP contribution in [0.15, 0.2) is 42.5 Å². The second-order valence-corrected chi connectivity index (χ2v) is 5.15. The average Bonchev–Trinajstić information content (AvgIpc) is 2.92. The van der Waals surface area contributed by atoms with Crippen LogP contribution in [0.25, 0.3) is 0 Å². The highest BCUT2D eigenvalue weighted by Crippen LogP contribution is 2.32. The Balaban J connectivity index is 1.66. The highest BCUT2D eigenvalue weighted by Gasteiger charge is 2.13. The lowest BCUT2D eigenvalue weighted by Crippen LogP contribution is -2.18. The van der Waals surface area contributed by atoms with Gasteiger partial charge in [-0.05, 0) is 42.7 Å². The minimum absolute atomic E-state index is 0.321. The third-order valence-electron chi connectivity index (χ3n) is 3.70. The first-order chi connectivity index (χ1) is 9.74.